The summed E-state index contributed by atoms with van der Waals surface area (Å²) in [5.74, 6) is -1.92. The quantitative estimate of drug-likeness (QED) is 0.929. The number of hydrogen-bond acceptors (Lipinski definition) is 3. The van der Waals surface area contributed by atoms with Crippen LogP contribution in [0.1, 0.15) is 22.3 Å². The number of likely N-dealkylation sites (tertiary alicyclic amines) is 1. The van der Waals surface area contributed by atoms with Gasteiger partial charge in [0, 0.05) is 19.2 Å². The third kappa shape index (κ3) is 3.08. The van der Waals surface area contributed by atoms with Gasteiger partial charge in [0.15, 0.2) is 0 Å². The lowest BCUT2D eigenvalue weighted by Gasteiger charge is -2.16. The predicted octanol–water partition coefficient (Wildman–Crippen LogP) is 1.57. The molecule has 1 unspecified atom stereocenters. The molecule has 3 rings (SSSR count). The fourth-order valence-corrected chi connectivity index (χ4v) is 2.63. The van der Waals surface area contributed by atoms with Gasteiger partial charge in [0.2, 0.25) is 5.67 Å². The Morgan fingerprint density at radius 1 is 1.30 bits per heavy atom. The number of halogens is 1. The van der Waals surface area contributed by atoms with Crippen molar-refractivity contribution in [2.45, 2.75) is 18.6 Å². The molecule has 2 aromatic rings. The van der Waals surface area contributed by atoms with E-state index >= 15 is 0 Å². The molecular formula is C16H16FN3O3. The zero-order valence-electron chi connectivity index (χ0n) is 12.4. The van der Waals surface area contributed by atoms with Crippen molar-refractivity contribution < 1.29 is 19.1 Å². The molecule has 2 heterocycles. The predicted molar refractivity (Wildman–Crippen MR) is 79.8 cm³/mol. The summed E-state index contributed by atoms with van der Waals surface area (Å²) in [7, 11) is 0. The zero-order valence-corrected chi connectivity index (χ0v) is 12.4. The molecular weight excluding hydrogens is 301 g/mol. The van der Waals surface area contributed by atoms with Crippen molar-refractivity contribution >= 4 is 11.9 Å². The van der Waals surface area contributed by atoms with Gasteiger partial charge in [0.25, 0.3) is 5.91 Å². The summed E-state index contributed by atoms with van der Waals surface area (Å²) in [4.78, 5) is 24.5. The van der Waals surface area contributed by atoms with Gasteiger partial charge < -0.3 is 10.0 Å². The fourth-order valence-electron chi connectivity index (χ4n) is 2.63. The first-order valence-corrected chi connectivity index (χ1v) is 7.26. The standard InChI is InChI=1S/C16H16FN3O3/c17-16(15(22)23)6-7-19(11-16)14(21)13-8-18-20(10-13)9-12-4-2-1-3-5-12/h1-5,8,10H,6-7,9,11H2,(H,22,23). The lowest BCUT2D eigenvalue weighted by atomic mass is 10.1. The molecule has 1 saturated heterocycles. The average Bonchev–Trinajstić information content (AvgIpc) is 3.15. The van der Waals surface area contributed by atoms with Crippen LogP contribution in [-0.4, -0.2) is 50.4 Å². The van der Waals surface area contributed by atoms with Crippen molar-refractivity contribution in [1.82, 2.24) is 14.7 Å². The van der Waals surface area contributed by atoms with E-state index < -0.39 is 24.1 Å². The van der Waals surface area contributed by atoms with Gasteiger partial charge >= 0.3 is 5.97 Å². The third-order valence-electron chi connectivity index (χ3n) is 3.96. The Balaban J connectivity index is 1.69. The Morgan fingerprint density at radius 3 is 2.70 bits per heavy atom. The Kier molecular flexibility index (Phi) is 3.85. The molecule has 0 bridgehead atoms. The van der Waals surface area contributed by atoms with Crippen LogP contribution in [0.4, 0.5) is 4.39 Å². The van der Waals surface area contributed by atoms with Gasteiger partial charge in [-0.15, -0.1) is 0 Å². The van der Waals surface area contributed by atoms with Gasteiger partial charge in [-0.1, -0.05) is 30.3 Å². The van der Waals surface area contributed by atoms with Crippen molar-refractivity contribution in [2.24, 2.45) is 0 Å². The van der Waals surface area contributed by atoms with Gasteiger partial charge in [-0.25, -0.2) is 9.18 Å². The minimum atomic E-state index is -2.35. The Hall–Kier alpha value is -2.70. The summed E-state index contributed by atoms with van der Waals surface area (Å²) in [5.41, 5.74) is -0.977. The first-order valence-electron chi connectivity index (χ1n) is 7.26. The lowest BCUT2D eigenvalue weighted by molar-refractivity contribution is -0.149. The number of rotatable bonds is 4. The molecule has 1 aliphatic heterocycles. The number of aliphatic carboxylic acids is 1. The number of alkyl halides is 1. The van der Waals surface area contributed by atoms with Crippen LogP contribution >= 0.6 is 0 Å². The van der Waals surface area contributed by atoms with Crippen LogP contribution in [0.2, 0.25) is 0 Å². The molecule has 0 saturated carbocycles. The third-order valence-corrected chi connectivity index (χ3v) is 3.96. The second-order valence-corrected chi connectivity index (χ2v) is 5.66. The Bertz CT molecular complexity index is 731. The minimum Gasteiger partial charge on any atom is -0.479 e. The summed E-state index contributed by atoms with van der Waals surface area (Å²) in [6, 6.07) is 9.66. The van der Waals surface area contributed by atoms with Crippen molar-refractivity contribution in [3.05, 3.63) is 53.9 Å². The topological polar surface area (TPSA) is 75.4 Å². The van der Waals surface area contributed by atoms with Crippen LogP contribution in [0.3, 0.4) is 0 Å². The van der Waals surface area contributed by atoms with E-state index in [1.165, 1.54) is 11.1 Å². The molecule has 1 atom stereocenters. The zero-order chi connectivity index (χ0) is 16.4. The summed E-state index contributed by atoms with van der Waals surface area (Å²) in [6.45, 7) is 0.187. The Morgan fingerprint density at radius 2 is 2.04 bits per heavy atom. The van der Waals surface area contributed by atoms with Crippen LogP contribution < -0.4 is 0 Å². The SMILES string of the molecule is O=C(c1cnn(Cc2ccccc2)c1)N1CCC(F)(C(=O)O)C1. The largest absolute Gasteiger partial charge is 0.479 e. The minimum absolute atomic E-state index is 0.0888. The molecule has 1 amide bonds. The fraction of sp³-hybridized carbons (Fsp3) is 0.312. The van der Waals surface area contributed by atoms with E-state index in [2.05, 4.69) is 5.10 Å². The maximum Gasteiger partial charge on any atom is 0.343 e. The van der Waals surface area contributed by atoms with E-state index in [-0.39, 0.29) is 13.0 Å². The van der Waals surface area contributed by atoms with E-state index in [0.717, 1.165) is 5.56 Å². The van der Waals surface area contributed by atoms with E-state index in [9.17, 15) is 14.0 Å². The molecule has 23 heavy (non-hydrogen) atoms. The summed E-state index contributed by atoms with van der Waals surface area (Å²) < 4.78 is 15.7. The maximum atomic E-state index is 14.0. The highest BCUT2D eigenvalue weighted by molar-refractivity contribution is 5.94. The number of carbonyl (C=O) groups is 2. The van der Waals surface area contributed by atoms with Gasteiger partial charge in [-0.2, -0.15) is 5.10 Å². The number of aromatic nitrogens is 2. The van der Waals surface area contributed by atoms with Crippen molar-refractivity contribution in [3.8, 4) is 0 Å². The van der Waals surface area contributed by atoms with Crippen molar-refractivity contribution in [1.29, 1.82) is 0 Å². The van der Waals surface area contributed by atoms with Gasteiger partial charge in [0.05, 0.1) is 24.8 Å². The second-order valence-electron chi connectivity index (χ2n) is 5.66. The van der Waals surface area contributed by atoms with E-state index in [0.29, 0.717) is 12.1 Å². The second kappa shape index (κ2) is 5.83. The summed E-state index contributed by atoms with van der Waals surface area (Å²) in [5, 5.41) is 13.0. The molecule has 1 N–H and O–H groups in total. The summed E-state index contributed by atoms with van der Waals surface area (Å²) in [6.07, 6.45) is 2.82. The molecule has 1 fully saturated rings. The summed E-state index contributed by atoms with van der Waals surface area (Å²) >= 11 is 0. The molecule has 0 aliphatic carbocycles. The van der Waals surface area contributed by atoms with E-state index in [4.69, 9.17) is 5.11 Å². The van der Waals surface area contributed by atoms with Crippen LogP contribution in [0.15, 0.2) is 42.7 Å². The molecule has 0 radical (unpaired) electrons. The number of carbonyl (C=O) groups excluding carboxylic acids is 1. The molecule has 1 aromatic heterocycles. The first-order chi connectivity index (χ1) is 11.0. The van der Waals surface area contributed by atoms with Crippen LogP contribution in [-0.2, 0) is 11.3 Å². The average molecular weight is 317 g/mol. The molecule has 6 nitrogen and oxygen atoms in total. The number of amides is 1. The van der Waals surface area contributed by atoms with Crippen molar-refractivity contribution in [2.75, 3.05) is 13.1 Å². The number of benzene rings is 1. The Labute approximate surface area is 132 Å². The number of carboxylic acids is 1. The molecule has 0 spiro atoms. The highest BCUT2D eigenvalue weighted by Gasteiger charge is 2.47. The van der Waals surface area contributed by atoms with Gasteiger partial charge in [-0.3, -0.25) is 9.48 Å². The molecule has 120 valence electrons. The molecule has 1 aromatic carbocycles. The first kappa shape index (κ1) is 15.2. The van der Waals surface area contributed by atoms with Gasteiger partial charge in [0.1, 0.15) is 0 Å². The molecule has 7 heteroatoms. The highest BCUT2D eigenvalue weighted by atomic mass is 19.1. The highest BCUT2D eigenvalue weighted by Crippen LogP contribution is 2.27. The number of nitrogens with zero attached hydrogens (tertiary/aromatic N) is 3. The lowest BCUT2D eigenvalue weighted by Crippen LogP contribution is -2.38. The number of carboxylic acid groups (broad SMARTS) is 1. The monoisotopic (exact) mass is 317 g/mol. The molecule has 1 aliphatic rings. The van der Waals surface area contributed by atoms with E-state index in [1.54, 1.807) is 10.9 Å². The maximum absolute atomic E-state index is 14.0. The smallest absolute Gasteiger partial charge is 0.343 e. The van der Waals surface area contributed by atoms with E-state index in [1.807, 2.05) is 30.3 Å². The van der Waals surface area contributed by atoms with Crippen LogP contribution in [0.25, 0.3) is 0 Å². The van der Waals surface area contributed by atoms with Crippen molar-refractivity contribution in [3.63, 3.8) is 0 Å². The van der Waals surface area contributed by atoms with Gasteiger partial charge in [-0.05, 0) is 5.56 Å². The van der Waals surface area contributed by atoms with Crippen LogP contribution in [0.5, 0.6) is 0 Å². The number of hydrogen-bond donors (Lipinski definition) is 1. The normalized spacial score (nSPS) is 20.7. The van der Waals surface area contributed by atoms with Crippen LogP contribution in [0, 0.1) is 0 Å².